The Kier molecular flexibility index (Phi) is 2.75. The van der Waals surface area contributed by atoms with Gasteiger partial charge in [-0.1, -0.05) is 11.6 Å². The van der Waals surface area contributed by atoms with Crippen molar-refractivity contribution < 1.29 is 4.79 Å². The molecule has 3 atom stereocenters. The fraction of sp³-hybridized carbons (Fsp3) is 0.400. The molecule has 0 spiro atoms. The zero-order valence-corrected chi connectivity index (χ0v) is 11.7. The number of nitrogens with one attached hydrogen (secondary N) is 2. The molecule has 2 aromatic heterocycles. The van der Waals surface area contributed by atoms with Gasteiger partial charge in [0.2, 0.25) is 0 Å². The van der Waals surface area contributed by atoms with Gasteiger partial charge in [-0.05, 0) is 43.5 Å². The number of halogens is 1. The number of carbonyl (C=O) groups excluding carboxylic acids is 1. The van der Waals surface area contributed by atoms with E-state index in [1.54, 1.807) is 0 Å². The van der Waals surface area contributed by atoms with E-state index in [1.807, 2.05) is 35.0 Å². The van der Waals surface area contributed by atoms with Crippen molar-refractivity contribution >= 4 is 23.0 Å². The van der Waals surface area contributed by atoms with Gasteiger partial charge in [0.25, 0.3) is 5.91 Å². The van der Waals surface area contributed by atoms with Crippen LogP contribution in [0.1, 0.15) is 23.2 Å². The van der Waals surface area contributed by atoms with Gasteiger partial charge < -0.3 is 15.0 Å². The monoisotopic (exact) mass is 289 g/mol. The van der Waals surface area contributed by atoms with Crippen LogP contribution < -0.4 is 10.6 Å². The minimum Gasteiger partial charge on any atom is -0.348 e. The molecule has 5 heteroatoms. The van der Waals surface area contributed by atoms with E-state index in [0.29, 0.717) is 16.6 Å². The summed E-state index contributed by atoms with van der Waals surface area (Å²) in [5, 5.41) is 7.29. The van der Waals surface area contributed by atoms with Gasteiger partial charge in [0.05, 0.1) is 5.02 Å². The van der Waals surface area contributed by atoms with Crippen molar-refractivity contribution in [1.29, 1.82) is 0 Å². The minimum atomic E-state index is 0.00386. The van der Waals surface area contributed by atoms with Crippen LogP contribution in [-0.2, 0) is 0 Å². The number of hydrogen-bond acceptors (Lipinski definition) is 2. The Balaban J connectivity index is 1.54. The summed E-state index contributed by atoms with van der Waals surface area (Å²) in [5.41, 5.74) is 1.63. The molecule has 1 aliphatic carbocycles. The van der Waals surface area contributed by atoms with E-state index >= 15 is 0 Å². The molecular weight excluding hydrogens is 274 g/mol. The molecule has 1 saturated carbocycles. The summed E-state index contributed by atoms with van der Waals surface area (Å²) in [6.45, 7) is 1.10. The Labute approximate surface area is 122 Å². The lowest BCUT2D eigenvalue weighted by molar-refractivity contribution is 0.0928. The lowest BCUT2D eigenvalue weighted by Crippen LogP contribution is -2.47. The van der Waals surface area contributed by atoms with Crippen LogP contribution in [-0.4, -0.2) is 28.9 Å². The normalized spacial score (nSPS) is 28.1. The third kappa shape index (κ3) is 2.00. The zero-order valence-electron chi connectivity index (χ0n) is 11.0. The number of pyridine rings is 1. The Morgan fingerprint density at radius 3 is 3.05 bits per heavy atom. The van der Waals surface area contributed by atoms with Crippen LogP contribution in [0.25, 0.3) is 5.52 Å². The number of rotatable bonds is 2. The molecule has 1 amide bonds. The lowest BCUT2D eigenvalue weighted by atomic mass is 10.1. The summed E-state index contributed by atoms with van der Waals surface area (Å²) in [6, 6.07) is 6.29. The molecule has 20 heavy (non-hydrogen) atoms. The van der Waals surface area contributed by atoms with Gasteiger partial charge in [0.1, 0.15) is 0 Å². The van der Waals surface area contributed by atoms with Crippen molar-refractivity contribution in [1.82, 2.24) is 15.0 Å². The van der Waals surface area contributed by atoms with Crippen molar-refractivity contribution in [2.45, 2.75) is 24.9 Å². The average molecular weight is 290 g/mol. The molecule has 2 bridgehead atoms. The number of hydrogen-bond donors (Lipinski definition) is 2. The largest absolute Gasteiger partial charge is 0.348 e. The first-order valence-electron chi connectivity index (χ1n) is 7.00. The third-order valence-electron chi connectivity index (χ3n) is 4.47. The molecule has 2 aliphatic rings. The Morgan fingerprint density at radius 2 is 2.30 bits per heavy atom. The Hall–Kier alpha value is -1.52. The molecule has 2 fully saturated rings. The van der Waals surface area contributed by atoms with Crippen LogP contribution >= 0.6 is 11.6 Å². The van der Waals surface area contributed by atoms with Crippen molar-refractivity contribution in [3.05, 3.63) is 41.2 Å². The van der Waals surface area contributed by atoms with Gasteiger partial charge in [0, 0.05) is 35.6 Å². The summed E-state index contributed by atoms with van der Waals surface area (Å²) < 4.78 is 1.91. The van der Waals surface area contributed by atoms with Crippen molar-refractivity contribution in [2.24, 2.45) is 5.92 Å². The molecule has 0 aromatic carbocycles. The average Bonchev–Trinajstić information content (AvgIpc) is 3.10. The summed E-state index contributed by atoms with van der Waals surface area (Å²) in [4.78, 5) is 12.3. The van der Waals surface area contributed by atoms with Crippen molar-refractivity contribution in [3.8, 4) is 0 Å². The fourth-order valence-electron chi connectivity index (χ4n) is 3.48. The number of carbonyl (C=O) groups is 1. The van der Waals surface area contributed by atoms with Gasteiger partial charge in [-0.3, -0.25) is 4.79 Å². The van der Waals surface area contributed by atoms with Gasteiger partial charge in [-0.15, -0.1) is 0 Å². The number of fused-ring (bicyclic) bond motifs is 3. The first kappa shape index (κ1) is 12.2. The van der Waals surface area contributed by atoms with Crippen LogP contribution in [0.5, 0.6) is 0 Å². The van der Waals surface area contributed by atoms with E-state index in [0.717, 1.165) is 24.4 Å². The first-order chi connectivity index (χ1) is 9.69. The fourth-order valence-corrected chi connectivity index (χ4v) is 3.70. The van der Waals surface area contributed by atoms with Crippen molar-refractivity contribution in [3.63, 3.8) is 0 Å². The lowest BCUT2D eigenvalue weighted by Gasteiger charge is -2.24. The second kappa shape index (κ2) is 4.50. The van der Waals surface area contributed by atoms with E-state index < -0.39 is 0 Å². The highest BCUT2D eigenvalue weighted by Gasteiger charge is 2.39. The molecule has 4 rings (SSSR count). The summed E-state index contributed by atoms with van der Waals surface area (Å²) in [6.07, 6.45) is 5.99. The predicted octanol–water partition coefficient (Wildman–Crippen LogP) is 2.07. The number of aromatic nitrogens is 1. The summed E-state index contributed by atoms with van der Waals surface area (Å²) >= 11 is 5.97. The highest BCUT2D eigenvalue weighted by atomic mass is 35.5. The number of nitrogens with zero attached hydrogens (tertiary/aromatic N) is 1. The molecule has 2 N–H and O–H groups in total. The van der Waals surface area contributed by atoms with Crippen molar-refractivity contribution in [2.75, 3.05) is 6.54 Å². The van der Waals surface area contributed by atoms with Gasteiger partial charge in [-0.2, -0.15) is 0 Å². The third-order valence-corrected chi connectivity index (χ3v) is 4.68. The molecule has 0 radical (unpaired) electrons. The smallest absolute Gasteiger partial charge is 0.251 e. The second-order valence-corrected chi connectivity index (χ2v) is 6.27. The number of piperidine rings is 1. The molecule has 3 heterocycles. The maximum atomic E-state index is 12.3. The number of amides is 1. The maximum absolute atomic E-state index is 12.3. The zero-order chi connectivity index (χ0) is 13.7. The van der Waals surface area contributed by atoms with Gasteiger partial charge in [0.15, 0.2) is 0 Å². The second-order valence-electron chi connectivity index (χ2n) is 5.84. The van der Waals surface area contributed by atoms with Crippen LogP contribution in [0.4, 0.5) is 0 Å². The quantitative estimate of drug-likeness (QED) is 0.889. The molecule has 104 valence electrons. The molecule has 4 nitrogen and oxygen atoms in total. The molecule has 1 saturated heterocycles. The molecule has 3 unspecified atom stereocenters. The SMILES string of the molecule is O=C(NC1CC2CNC1C2)c1ccn2cc(Cl)cc2c1. The first-order valence-corrected chi connectivity index (χ1v) is 7.38. The Bertz CT molecular complexity index is 681. The van der Waals surface area contributed by atoms with Crippen LogP contribution in [0.15, 0.2) is 30.6 Å². The molecule has 1 aliphatic heterocycles. The maximum Gasteiger partial charge on any atom is 0.251 e. The highest BCUT2D eigenvalue weighted by molar-refractivity contribution is 6.31. The van der Waals surface area contributed by atoms with Crippen LogP contribution in [0.2, 0.25) is 5.02 Å². The summed E-state index contributed by atoms with van der Waals surface area (Å²) in [7, 11) is 0. The molecular formula is C15H16ClN3O. The molecule has 2 aromatic rings. The van der Waals surface area contributed by atoms with Gasteiger partial charge >= 0.3 is 0 Å². The van der Waals surface area contributed by atoms with Crippen LogP contribution in [0.3, 0.4) is 0 Å². The topological polar surface area (TPSA) is 45.5 Å². The van der Waals surface area contributed by atoms with Gasteiger partial charge in [-0.25, -0.2) is 0 Å². The van der Waals surface area contributed by atoms with E-state index in [1.165, 1.54) is 6.42 Å². The van der Waals surface area contributed by atoms with E-state index in [-0.39, 0.29) is 11.9 Å². The van der Waals surface area contributed by atoms with Crippen LogP contribution in [0, 0.1) is 5.92 Å². The van der Waals surface area contributed by atoms with E-state index in [2.05, 4.69) is 10.6 Å². The highest BCUT2D eigenvalue weighted by Crippen LogP contribution is 2.31. The summed E-state index contributed by atoms with van der Waals surface area (Å²) in [5.74, 6) is 0.737. The minimum absolute atomic E-state index is 0.00386. The van der Waals surface area contributed by atoms with E-state index in [9.17, 15) is 4.79 Å². The van der Waals surface area contributed by atoms with E-state index in [4.69, 9.17) is 11.6 Å². The Morgan fingerprint density at radius 1 is 1.40 bits per heavy atom. The standard InChI is InChI=1S/C15H16ClN3O/c16-11-6-12-5-10(1-2-19(12)8-11)15(20)18-14-4-9-3-13(14)17-7-9/h1-2,5-6,8-9,13-14,17H,3-4,7H2,(H,18,20). The predicted molar refractivity (Wildman–Crippen MR) is 78.2 cm³/mol.